The fourth-order valence-corrected chi connectivity index (χ4v) is 3.90. The minimum Gasteiger partial charge on any atom is -0.481 e. The minimum atomic E-state index is -0.869. The summed E-state index contributed by atoms with van der Waals surface area (Å²) in [6, 6.07) is 0. The molecule has 23 heavy (non-hydrogen) atoms. The number of rotatable bonds is 2. The van der Waals surface area contributed by atoms with Crippen molar-refractivity contribution in [1.82, 2.24) is 4.90 Å². The number of allylic oxidation sites excluding steroid dienone is 2. The number of carbonyl (C=O) groups is 2. The molecule has 2 atom stereocenters. The van der Waals surface area contributed by atoms with Crippen molar-refractivity contribution in [2.24, 2.45) is 11.8 Å². The summed E-state index contributed by atoms with van der Waals surface area (Å²) in [7, 11) is 0. The van der Waals surface area contributed by atoms with Crippen molar-refractivity contribution in [1.29, 1.82) is 0 Å². The summed E-state index contributed by atoms with van der Waals surface area (Å²) in [5, 5.41) is 9.49. The van der Waals surface area contributed by atoms with Crippen molar-refractivity contribution < 1.29 is 24.2 Å². The zero-order chi connectivity index (χ0) is 16.6. The van der Waals surface area contributed by atoms with E-state index in [0.717, 1.165) is 11.1 Å². The van der Waals surface area contributed by atoms with Gasteiger partial charge in [0.15, 0.2) is 5.79 Å². The molecule has 1 N–H and O–H groups in total. The summed E-state index contributed by atoms with van der Waals surface area (Å²) in [5.74, 6) is -2.47. The molecule has 3 aliphatic rings. The Morgan fingerprint density at radius 1 is 1.04 bits per heavy atom. The lowest BCUT2D eigenvalue weighted by molar-refractivity contribution is -0.189. The molecule has 0 radical (unpaired) electrons. The molecular formula is C17H25NO5. The average molecular weight is 323 g/mol. The van der Waals surface area contributed by atoms with Crippen LogP contribution in [0.25, 0.3) is 0 Å². The van der Waals surface area contributed by atoms with E-state index < -0.39 is 23.6 Å². The number of carboxylic acids is 1. The van der Waals surface area contributed by atoms with Crippen molar-refractivity contribution in [3.05, 3.63) is 11.1 Å². The number of nitrogens with zero attached hydrogens (tertiary/aromatic N) is 1. The lowest BCUT2D eigenvalue weighted by atomic mass is 9.75. The number of aliphatic carboxylic acids is 1. The van der Waals surface area contributed by atoms with Crippen LogP contribution >= 0.6 is 0 Å². The predicted molar refractivity (Wildman–Crippen MR) is 82.7 cm³/mol. The molecule has 6 nitrogen and oxygen atoms in total. The zero-order valence-electron chi connectivity index (χ0n) is 13.8. The molecule has 1 spiro atoms. The van der Waals surface area contributed by atoms with Gasteiger partial charge in [0.1, 0.15) is 0 Å². The molecule has 0 aromatic rings. The largest absolute Gasteiger partial charge is 0.481 e. The van der Waals surface area contributed by atoms with Crippen molar-refractivity contribution in [3.63, 3.8) is 0 Å². The number of ether oxygens (including phenoxy) is 2. The molecule has 128 valence electrons. The first-order valence-corrected chi connectivity index (χ1v) is 8.36. The third-order valence-corrected chi connectivity index (χ3v) is 5.55. The summed E-state index contributed by atoms with van der Waals surface area (Å²) in [4.78, 5) is 26.3. The van der Waals surface area contributed by atoms with E-state index in [1.165, 1.54) is 0 Å². The van der Waals surface area contributed by atoms with Gasteiger partial charge in [-0.15, -0.1) is 0 Å². The third-order valence-electron chi connectivity index (χ3n) is 5.55. The van der Waals surface area contributed by atoms with Crippen LogP contribution in [0.1, 0.15) is 39.5 Å². The van der Waals surface area contributed by atoms with Crippen LogP contribution in [0, 0.1) is 11.8 Å². The van der Waals surface area contributed by atoms with Gasteiger partial charge in [0.2, 0.25) is 5.91 Å². The van der Waals surface area contributed by atoms with Crippen LogP contribution < -0.4 is 0 Å². The Balaban J connectivity index is 1.68. The summed E-state index contributed by atoms with van der Waals surface area (Å²) >= 11 is 0. The summed E-state index contributed by atoms with van der Waals surface area (Å²) in [6.07, 6.45) is 2.35. The van der Waals surface area contributed by atoms with Gasteiger partial charge in [-0.2, -0.15) is 0 Å². The van der Waals surface area contributed by atoms with Crippen molar-refractivity contribution in [3.8, 4) is 0 Å². The Morgan fingerprint density at radius 3 is 2.09 bits per heavy atom. The van der Waals surface area contributed by atoms with E-state index in [-0.39, 0.29) is 5.91 Å². The van der Waals surface area contributed by atoms with Crippen molar-refractivity contribution >= 4 is 11.9 Å². The third kappa shape index (κ3) is 3.15. The van der Waals surface area contributed by atoms with Crippen LogP contribution in [0.15, 0.2) is 11.1 Å². The van der Waals surface area contributed by atoms with Gasteiger partial charge in [-0.3, -0.25) is 9.59 Å². The molecule has 6 heteroatoms. The number of carbonyl (C=O) groups excluding carboxylic acids is 1. The van der Waals surface area contributed by atoms with Crippen LogP contribution in [0.5, 0.6) is 0 Å². The highest BCUT2D eigenvalue weighted by atomic mass is 16.7. The second-order valence-electron chi connectivity index (χ2n) is 6.95. The second-order valence-corrected chi connectivity index (χ2v) is 6.95. The van der Waals surface area contributed by atoms with E-state index >= 15 is 0 Å². The molecule has 0 aromatic heterocycles. The molecule has 2 saturated heterocycles. The number of likely N-dealkylation sites (tertiary alicyclic amines) is 1. The smallest absolute Gasteiger partial charge is 0.307 e. The van der Waals surface area contributed by atoms with Crippen LogP contribution in [-0.4, -0.2) is 54.0 Å². The lowest BCUT2D eigenvalue weighted by Gasteiger charge is -2.40. The fraction of sp³-hybridized carbons (Fsp3) is 0.765. The van der Waals surface area contributed by atoms with Gasteiger partial charge >= 0.3 is 5.97 Å². The Morgan fingerprint density at radius 2 is 1.57 bits per heavy atom. The van der Waals surface area contributed by atoms with Gasteiger partial charge < -0.3 is 19.5 Å². The quantitative estimate of drug-likeness (QED) is 0.784. The van der Waals surface area contributed by atoms with Gasteiger partial charge in [-0.25, -0.2) is 0 Å². The lowest BCUT2D eigenvalue weighted by Crippen LogP contribution is -2.50. The van der Waals surface area contributed by atoms with E-state index in [1.807, 2.05) is 13.8 Å². The zero-order valence-corrected chi connectivity index (χ0v) is 13.8. The molecule has 0 unspecified atom stereocenters. The fourth-order valence-electron chi connectivity index (χ4n) is 3.90. The summed E-state index contributed by atoms with van der Waals surface area (Å²) < 4.78 is 11.4. The first-order chi connectivity index (χ1) is 10.9. The Kier molecular flexibility index (Phi) is 4.47. The van der Waals surface area contributed by atoms with Crippen LogP contribution in [0.3, 0.4) is 0 Å². The number of hydrogen-bond donors (Lipinski definition) is 1. The Bertz CT molecular complexity index is 525. The number of hydrogen-bond acceptors (Lipinski definition) is 4. The monoisotopic (exact) mass is 323 g/mol. The number of piperidine rings is 1. The second kappa shape index (κ2) is 6.24. The molecule has 0 bridgehead atoms. The van der Waals surface area contributed by atoms with E-state index in [4.69, 9.17) is 9.47 Å². The summed E-state index contributed by atoms with van der Waals surface area (Å²) in [5.41, 5.74) is 2.25. The maximum atomic E-state index is 12.9. The van der Waals surface area contributed by atoms with E-state index in [2.05, 4.69) is 0 Å². The molecule has 2 aliphatic heterocycles. The number of amides is 1. The van der Waals surface area contributed by atoms with Gasteiger partial charge in [0.25, 0.3) is 0 Å². The molecule has 0 aromatic carbocycles. The van der Waals surface area contributed by atoms with Crippen LogP contribution in [0.4, 0.5) is 0 Å². The minimum absolute atomic E-state index is 0.0305. The average Bonchev–Trinajstić information content (AvgIpc) is 2.97. The molecule has 0 saturated carbocycles. The number of carboxylic acid groups (broad SMARTS) is 1. The first-order valence-electron chi connectivity index (χ1n) is 8.36. The highest BCUT2D eigenvalue weighted by Gasteiger charge is 2.44. The van der Waals surface area contributed by atoms with Gasteiger partial charge in [0, 0.05) is 25.9 Å². The standard InChI is InChI=1S/C17H25NO5/c1-11-9-13(14(16(20)21)10-12(11)2)15(19)18-5-3-17(4-6-18)22-7-8-23-17/h13-14H,3-10H2,1-2H3,(H,20,21)/t13-,14+/m0/s1. The Hall–Kier alpha value is -1.40. The topological polar surface area (TPSA) is 76.1 Å². The molecule has 3 rings (SSSR count). The van der Waals surface area contributed by atoms with Crippen LogP contribution in [0.2, 0.25) is 0 Å². The summed E-state index contributed by atoms with van der Waals surface area (Å²) in [6.45, 7) is 6.33. The van der Waals surface area contributed by atoms with E-state index in [0.29, 0.717) is 52.0 Å². The van der Waals surface area contributed by atoms with Gasteiger partial charge in [-0.05, 0) is 26.7 Å². The molecular weight excluding hydrogens is 298 g/mol. The molecule has 2 fully saturated rings. The predicted octanol–water partition coefficient (Wildman–Crippen LogP) is 1.80. The highest BCUT2D eigenvalue weighted by molar-refractivity contribution is 5.85. The maximum Gasteiger partial charge on any atom is 0.307 e. The van der Waals surface area contributed by atoms with E-state index in [9.17, 15) is 14.7 Å². The Labute approximate surface area is 136 Å². The van der Waals surface area contributed by atoms with E-state index in [1.54, 1.807) is 4.90 Å². The van der Waals surface area contributed by atoms with Crippen molar-refractivity contribution in [2.75, 3.05) is 26.3 Å². The first kappa shape index (κ1) is 16.5. The molecule has 1 aliphatic carbocycles. The van der Waals surface area contributed by atoms with Gasteiger partial charge in [0.05, 0.1) is 25.0 Å². The molecule has 2 heterocycles. The van der Waals surface area contributed by atoms with Crippen LogP contribution in [-0.2, 0) is 19.1 Å². The normalized spacial score (nSPS) is 30.8. The van der Waals surface area contributed by atoms with Crippen molar-refractivity contribution in [2.45, 2.75) is 45.3 Å². The SMILES string of the molecule is CC1=C(C)C[C@@H](C(=O)O)[C@@H](C(=O)N2CCC3(CC2)OCCO3)C1. The maximum absolute atomic E-state index is 12.9. The molecule has 1 amide bonds. The van der Waals surface area contributed by atoms with Gasteiger partial charge in [-0.1, -0.05) is 11.1 Å². The highest BCUT2D eigenvalue weighted by Crippen LogP contribution is 2.37.